The quantitative estimate of drug-likeness (QED) is 0.551. The number of anilines is 1. The van der Waals surface area contributed by atoms with Gasteiger partial charge in [-0.2, -0.15) is 9.10 Å². The molecule has 1 amide bonds. The van der Waals surface area contributed by atoms with Gasteiger partial charge in [0.2, 0.25) is 21.8 Å². The Balaban J connectivity index is 1.74. The van der Waals surface area contributed by atoms with E-state index in [1.54, 1.807) is 51.1 Å². The third-order valence-electron chi connectivity index (χ3n) is 4.67. The monoisotopic (exact) mass is 462 g/mol. The number of sulfonamides is 1. The van der Waals surface area contributed by atoms with Crippen LogP contribution >= 0.6 is 11.6 Å². The van der Waals surface area contributed by atoms with Gasteiger partial charge in [-0.05, 0) is 54.1 Å². The van der Waals surface area contributed by atoms with Gasteiger partial charge in [-0.15, -0.1) is 10.2 Å². The maximum atomic E-state index is 12.8. The second kappa shape index (κ2) is 9.54. The minimum Gasteiger partial charge on any atom is -0.324 e. The molecule has 0 aliphatic carbocycles. The van der Waals surface area contributed by atoms with Crippen LogP contribution in [-0.2, 0) is 21.4 Å². The Kier molecular flexibility index (Phi) is 7.04. The van der Waals surface area contributed by atoms with E-state index in [0.717, 1.165) is 11.1 Å². The van der Waals surface area contributed by atoms with E-state index in [4.69, 9.17) is 11.6 Å². The fourth-order valence-electron chi connectivity index (χ4n) is 2.95. The number of nitrogens with one attached hydrogen (secondary N) is 1. The molecule has 0 saturated heterocycles. The lowest BCUT2D eigenvalue weighted by Gasteiger charge is -2.19. The fraction of sp³-hybridized carbons (Fsp3) is 0.300. The summed E-state index contributed by atoms with van der Waals surface area (Å²) in [6.45, 7) is 5.90. The molecule has 11 heteroatoms. The van der Waals surface area contributed by atoms with Crippen LogP contribution in [0, 0.1) is 6.92 Å². The van der Waals surface area contributed by atoms with Gasteiger partial charge in [-0.1, -0.05) is 31.5 Å². The summed E-state index contributed by atoms with van der Waals surface area (Å²) in [6, 6.07) is 11.6. The van der Waals surface area contributed by atoms with E-state index in [1.165, 1.54) is 21.2 Å². The van der Waals surface area contributed by atoms with Gasteiger partial charge in [-0.25, -0.2) is 8.42 Å². The predicted molar refractivity (Wildman–Crippen MR) is 118 cm³/mol. The molecular formula is C20H23ClN6O3S. The molecular weight excluding hydrogens is 440 g/mol. The zero-order chi connectivity index (χ0) is 22.6. The average molecular weight is 463 g/mol. The van der Waals surface area contributed by atoms with Crippen LogP contribution in [0.2, 0.25) is 5.02 Å². The molecule has 9 nitrogen and oxygen atoms in total. The number of rotatable bonds is 8. The Morgan fingerprint density at radius 2 is 1.81 bits per heavy atom. The van der Waals surface area contributed by atoms with Crippen molar-refractivity contribution >= 4 is 33.2 Å². The van der Waals surface area contributed by atoms with Crippen LogP contribution in [0.4, 0.5) is 5.69 Å². The Labute approximate surface area is 186 Å². The number of carbonyl (C=O) groups is 1. The first kappa shape index (κ1) is 22.9. The molecule has 1 heterocycles. The topological polar surface area (TPSA) is 110 Å². The molecule has 164 valence electrons. The van der Waals surface area contributed by atoms with Crippen LogP contribution in [0.25, 0.3) is 11.4 Å². The number of aromatic nitrogens is 4. The maximum absolute atomic E-state index is 12.8. The first-order valence-corrected chi connectivity index (χ1v) is 11.5. The fourth-order valence-corrected chi connectivity index (χ4v) is 4.56. The van der Waals surface area contributed by atoms with Crippen LogP contribution in [-0.4, -0.2) is 51.9 Å². The first-order chi connectivity index (χ1) is 14.7. The van der Waals surface area contributed by atoms with Crippen molar-refractivity contribution in [3.8, 4) is 11.4 Å². The predicted octanol–water partition coefficient (Wildman–Crippen LogP) is 2.97. The van der Waals surface area contributed by atoms with Gasteiger partial charge in [0, 0.05) is 29.4 Å². The van der Waals surface area contributed by atoms with Gasteiger partial charge in [0.1, 0.15) is 6.54 Å². The summed E-state index contributed by atoms with van der Waals surface area (Å²) in [4.78, 5) is 13.8. The third kappa shape index (κ3) is 5.27. The van der Waals surface area contributed by atoms with Crippen molar-refractivity contribution in [2.75, 3.05) is 18.4 Å². The molecule has 0 bridgehead atoms. The van der Waals surface area contributed by atoms with Crippen LogP contribution in [0.1, 0.15) is 19.4 Å². The summed E-state index contributed by atoms with van der Waals surface area (Å²) in [6.07, 6.45) is 0. The van der Waals surface area contributed by atoms with Crippen LogP contribution in [0.5, 0.6) is 0 Å². The van der Waals surface area contributed by atoms with Gasteiger partial charge in [0.25, 0.3) is 0 Å². The summed E-state index contributed by atoms with van der Waals surface area (Å²) in [5.41, 5.74) is 1.87. The average Bonchev–Trinajstić information content (AvgIpc) is 3.19. The first-order valence-electron chi connectivity index (χ1n) is 9.69. The summed E-state index contributed by atoms with van der Waals surface area (Å²) >= 11 is 5.88. The molecule has 3 rings (SSSR count). The van der Waals surface area contributed by atoms with Crippen LogP contribution < -0.4 is 5.32 Å². The third-order valence-corrected chi connectivity index (χ3v) is 6.96. The lowest BCUT2D eigenvalue weighted by molar-refractivity contribution is -0.117. The van der Waals surface area contributed by atoms with Crippen molar-refractivity contribution in [1.29, 1.82) is 0 Å². The maximum Gasteiger partial charge on any atom is 0.248 e. The van der Waals surface area contributed by atoms with Gasteiger partial charge in [0.05, 0.1) is 4.90 Å². The number of hydrogen-bond acceptors (Lipinski definition) is 6. The number of aryl methyl sites for hydroxylation is 1. The smallest absolute Gasteiger partial charge is 0.248 e. The number of benzene rings is 2. The zero-order valence-corrected chi connectivity index (χ0v) is 19.0. The van der Waals surface area contributed by atoms with Crippen molar-refractivity contribution < 1.29 is 13.2 Å². The van der Waals surface area contributed by atoms with E-state index in [2.05, 4.69) is 20.7 Å². The van der Waals surface area contributed by atoms with Gasteiger partial charge in [0.15, 0.2) is 0 Å². The highest BCUT2D eigenvalue weighted by Gasteiger charge is 2.22. The largest absolute Gasteiger partial charge is 0.324 e. The highest BCUT2D eigenvalue weighted by atomic mass is 35.5. The van der Waals surface area contributed by atoms with Gasteiger partial charge < -0.3 is 5.32 Å². The Morgan fingerprint density at radius 1 is 1.13 bits per heavy atom. The Bertz CT molecular complexity index is 1170. The Hall–Kier alpha value is -2.82. The normalized spacial score (nSPS) is 11.6. The van der Waals surface area contributed by atoms with Crippen molar-refractivity contribution in [3.05, 3.63) is 53.1 Å². The lowest BCUT2D eigenvalue weighted by Crippen LogP contribution is -2.30. The molecule has 1 N–H and O–H groups in total. The molecule has 31 heavy (non-hydrogen) atoms. The number of carbonyl (C=O) groups excluding carboxylic acids is 1. The molecule has 3 aromatic rings. The summed E-state index contributed by atoms with van der Waals surface area (Å²) in [5.74, 6) is -0.0338. The number of hydrogen-bond donors (Lipinski definition) is 1. The zero-order valence-electron chi connectivity index (χ0n) is 17.4. The van der Waals surface area contributed by atoms with E-state index in [1.807, 2.05) is 0 Å². The summed E-state index contributed by atoms with van der Waals surface area (Å²) < 4.78 is 26.9. The molecule has 0 unspecified atom stereocenters. The number of tetrazole rings is 1. The standard InChI is InChI=1S/C20H23ClN6O3S/c1-4-26(5-2)31(29,30)17-11-6-14(3)18(12-17)22-19(28)13-27-24-20(23-25-27)15-7-9-16(21)10-8-15/h6-12H,4-5,13H2,1-3H3,(H,22,28). The highest BCUT2D eigenvalue weighted by Crippen LogP contribution is 2.23. The SMILES string of the molecule is CCN(CC)S(=O)(=O)c1ccc(C)c(NC(=O)Cn2nnc(-c3ccc(Cl)cc3)n2)c1. The van der Waals surface area contributed by atoms with E-state index < -0.39 is 15.9 Å². The molecule has 0 fully saturated rings. The van der Waals surface area contributed by atoms with E-state index in [-0.39, 0.29) is 11.4 Å². The Morgan fingerprint density at radius 3 is 2.45 bits per heavy atom. The molecule has 2 aromatic carbocycles. The molecule has 1 aromatic heterocycles. The summed E-state index contributed by atoms with van der Waals surface area (Å²) in [7, 11) is -3.63. The lowest BCUT2D eigenvalue weighted by atomic mass is 10.2. The van der Waals surface area contributed by atoms with Crippen molar-refractivity contribution in [1.82, 2.24) is 24.5 Å². The van der Waals surface area contributed by atoms with Crippen molar-refractivity contribution in [3.63, 3.8) is 0 Å². The van der Waals surface area contributed by atoms with E-state index >= 15 is 0 Å². The molecule has 0 radical (unpaired) electrons. The second-order valence-electron chi connectivity index (χ2n) is 6.76. The van der Waals surface area contributed by atoms with Gasteiger partial charge >= 0.3 is 0 Å². The highest BCUT2D eigenvalue weighted by molar-refractivity contribution is 7.89. The molecule has 0 aliphatic heterocycles. The minimum atomic E-state index is -3.63. The number of nitrogens with zero attached hydrogens (tertiary/aromatic N) is 5. The van der Waals surface area contributed by atoms with Gasteiger partial charge in [-0.3, -0.25) is 4.79 Å². The van der Waals surface area contributed by atoms with E-state index in [0.29, 0.717) is 29.6 Å². The van der Waals surface area contributed by atoms with Crippen LogP contribution in [0.3, 0.4) is 0 Å². The van der Waals surface area contributed by atoms with Crippen molar-refractivity contribution in [2.24, 2.45) is 0 Å². The second-order valence-corrected chi connectivity index (χ2v) is 9.14. The summed E-state index contributed by atoms with van der Waals surface area (Å²) in [5, 5.41) is 15.4. The molecule has 0 atom stereocenters. The number of halogens is 1. The molecule has 0 aliphatic rings. The van der Waals surface area contributed by atoms with E-state index in [9.17, 15) is 13.2 Å². The minimum absolute atomic E-state index is 0.126. The van der Waals surface area contributed by atoms with Crippen LogP contribution in [0.15, 0.2) is 47.4 Å². The molecule has 0 saturated carbocycles. The number of amides is 1. The van der Waals surface area contributed by atoms with Crippen molar-refractivity contribution in [2.45, 2.75) is 32.2 Å². The molecule has 0 spiro atoms.